The molecule has 2 unspecified atom stereocenters. The fraction of sp³-hybridized carbons (Fsp3) is 0.462. The first kappa shape index (κ1) is 21.9. The van der Waals surface area contributed by atoms with Gasteiger partial charge in [0.1, 0.15) is 0 Å². The Kier molecular flexibility index (Phi) is 6.79. The molecular formula is C26H30N2O2S2. The highest BCUT2D eigenvalue weighted by Crippen LogP contribution is 2.38. The molecule has 2 N–H and O–H groups in total. The molecule has 0 spiro atoms. The van der Waals surface area contributed by atoms with E-state index in [0.29, 0.717) is 0 Å². The average Bonchev–Trinajstić information content (AvgIpc) is 2.84. The minimum absolute atomic E-state index is 0.0209. The third-order valence-corrected chi connectivity index (χ3v) is 9.26. The second kappa shape index (κ2) is 9.92. The van der Waals surface area contributed by atoms with Gasteiger partial charge in [0.2, 0.25) is 11.8 Å². The highest BCUT2D eigenvalue weighted by Gasteiger charge is 2.33. The van der Waals surface area contributed by atoms with Crippen LogP contribution in [0.25, 0.3) is 0 Å². The zero-order valence-corrected chi connectivity index (χ0v) is 19.9. The topological polar surface area (TPSA) is 58.2 Å². The zero-order valence-electron chi connectivity index (χ0n) is 18.2. The summed E-state index contributed by atoms with van der Waals surface area (Å²) >= 11 is 3.74. The summed E-state index contributed by atoms with van der Waals surface area (Å²) in [7, 11) is 0. The molecule has 2 aromatic rings. The van der Waals surface area contributed by atoms with Crippen LogP contribution in [0.1, 0.15) is 61.7 Å². The van der Waals surface area contributed by atoms with Gasteiger partial charge in [0.05, 0.1) is 12.1 Å². The van der Waals surface area contributed by atoms with Gasteiger partial charge in [-0.05, 0) is 61.8 Å². The molecule has 0 aromatic heterocycles. The Morgan fingerprint density at radius 3 is 1.47 bits per heavy atom. The number of thioether (sulfide) groups is 2. The minimum Gasteiger partial charge on any atom is -0.349 e. The number of benzene rings is 2. The van der Waals surface area contributed by atoms with Crippen molar-refractivity contribution >= 4 is 35.3 Å². The molecule has 1 saturated carbocycles. The van der Waals surface area contributed by atoms with Crippen molar-refractivity contribution in [3.63, 3.8) is 0 Å². The molecule has 0 saturated heterocycles. The van der Waals surface area contributed by atoms with Crippen LogP contribution in [0, 0.1) is 11.8 Å². The van der Waals surface area contributed by atoms with E-state index in [1.165, 1.54) is 20.9 Å². The van der Waals surface area contributed by atoms with Crippen LogP contribution in [0.15, 0.2) is 58.3 Å². The molecular weight excluding hydrogens is 436 g/mol. The number of carbonyl (C=O) groups is 2. The van der Waals surface area contributed by atoms with Crippen LogP contribution in [0.2, 0.25) is 0 Å². The molecule has 4 nitrogen and oxygen atoms in total. The molecule has 2 aromatic carbocycles. The Balaban J connectivity index is 1.14. The van der Waals surface area contributed by atoms with Crippen molar-refractivity contribution in [1.82, 2.24) is 10.6 Å². The molecule has 1 fully saturated rings. The van der Waals surface area contributed by atoms with Crippen LogP contribution >= 0.6 is 23.5 Å². The lowest BCUT2D eigenvalue weighted by atomic mass is 9.80. The molecule has 2 atom stereocenters. The molecule has 5 rings (SSSR count). The highest BCUT2D eigenvalue weighted by atomic mass is 32.2. The lowest BCUT2D eigenvalue weighted by Gasteiger charge is -2.32. The summed E-state index contributed by atoms with van der Waals surface area (Å²) in [6.45, 7) is 0. The lowest BCUT2D eigenvalue weighted by Crippen LogP contribution is -2.40. The van der Waals surface area contributed by atoms with Crippen LogP contribution in [0.5, 0.6) is 0 Å². The van der Waals surface area contributed by atoms with Crippen LogP contribution in [0.3, 0.4) is 0 Å². The summed E-state index contributed by atoms with van der Waals surface area (Å²) in [4.78, 5) is 28.5. The summed E-state index contributed by atoms with van der Waals surface area (Å²) in [6.07, 6.45) is 5.14. The smallest absolute Gasteiger partial charge is 0.223 e. The molecule has 0 radical (unpaired) electrons. The summed E-state index contributed by atoms with van der Waals surface area (Å²) in [5.74, 6) is 2.44. The molecule has 3 aliphatic rings. The number of fused-ring (bicyclic) bond motifs is 2. The number of rotatable bonds is 4. The van der Waals surface area contributed by atoms with Crippen molar-refractivity contribution in [3.05, 3.63) is 59.7 Å². The van der Waals surface area contributed by atoms with Gasteiger partial charge in [-0.3, -0.25) is 9.59 Å². The number of carbonyl (C=O) groups excluding carboxylic acids is 2. The van der Waals surface area contributed by atoms with Gasteiger partial charge in [0.25, 0.3) is 0 Å². The van der Waals surface area contributed by atoms with Gasteiger partial charge in [0, 0.05) is 33.1 Å². The standard InChI is InChI=1S/C26H30N2O2S2/c29-25(27-21-13-15-31-23-7-3-1-5-19(21)23)17-9-11-18(12-10-17)26(30)28-22-14-16-32-24-8-4-2-6-20(22)24/h1-8,17-18,21-22H,9-16H2,(H,27,29)(H,28,30). The number of hydrogen-bond donors (Lipinski definition) is 2. The molecule has 1 aliphatic carbocycles. The van der Waals surface area contributed by atoms with E-state index in [4.69, 9.17) is 0 Å². The maximum Gasteiger partial charge on any atom is 0.223 e. The molecule has 2 heterocycles. The summed E-state index contributed by atoms with van der Waals surface area (Å²) < 4.78 is 0. The highest BCUT2D eigenvalue weighted by molar-refractivity contribution is 7.99. The van der Waals surface area contributed by atoms with Crippen LogP contribution in [-0.2, 0) is 9.59 Å². The van der Waals surface area contributed by atoms with E-state index in [1.807, 2.05) is 23.5 Å². The predicted molar refractivity (Wildman–Crippen MR) is 131 cm³/mol. The predicted octanol–water partition coefficient (Wildman–Crippen LogP) is 5.50. The third kappa shape index (κ3) is 4.72. The van der Waals surface area contributed by atoms with Crippen molar-refractivity contribution in [1.29, 1.82) is 0 Å². The fourth-order valence-corrected chi connectivity index (χ4v) is 7.43. The first-order valence-electron chi connectivity index (χ1n) is 11.7. The molecule has 2 aliphatic heterocycles. The monoisotopic (exact) mass is 466 g/mol. The van der Waals surface area contributed by atoms with Crippen molar-refractivity contribution < 1.29 is 9.59 Å². The Hall–Kier alpha value is -1.92. The Morgan fingerprint density at radius 1 is 0.625 bits per heavy atom. The van der Waals surface area contributed by atoms with E-state index in [-0.39, 0.29) is 35.7 Å². The van der Waals surface area contributed by atoms with Gasteiger partial charge in [-0.2, -0.15) is 0 Å². The van der Waals surface area contributed by atoms with Gasteiger partial charge >= 0.3 is 0 Å². The Bertz CT molecular complexity index is 908. The van der Waals surface area contributed by atoms with Crippen molar-refractivity contribution in [2.24, 2.45) is 11.8 Å². The second-order valence-corrected chi connectivity index (χ2v) is 11.3. The Morgan fingerprint density at radius 2 is 1.03 bits per heavy atom. The van der Waals surface area contributed by atoms with E-state index in [2.05, 4.69) is 59.2 Å². The molecule has 6 heteroatoms. The summed E-state index contributed by atoms with van der Waals surface area (Å²) in [5.41, 5.74) is 2.49. The number of hydrogen-bond acceptors (Lipinski definition) is 4. The third-order valence-electron chi connectivity index (χ3n) is 7.02. The first-order chi connectivity index (χ1) is 15.7. The van der Waals surface area contributed by atoms with Crippen LogP contribution < -0.4 is 10.6 Å². The zero-order chi connectivity index (χ0) is 21.9. The van der Waals surface area contributed by atoms with Gasteiger partial charge in [0.15, 0.2) is 0 Å². The second-order valence-electron chi connectivity index (χ2n) is 9.02. The van der Waals surface area contributed by atoms with Crippen molar-refractivity contribution in [3.8, 4) is 0 Å². The SMILES string of the molecule is O=C(NC1CCSc2ccccc21)C1CCC(C(=O)NC2CCSc3ccccc32)CC1. The summed E-state index contributed by atoms with van der Waals surface area (Å²) in [5, 5.41) is 6.62. The van der Waals surface area contributed by atoms with Gasteiger partial charge < -0.3 is 10.6 Å². The van der Waals surface area contributed by atoms with E-state index in [9.17, 15) is 9.59 Å². The van der Waals surface area contributed by atoms with Gasteiger partial charge in [-0.15, -0.1) is 23.5 Å². The average molecular weight is 467 g/mol. The maximum atomic E-state index is 13.0. The lowest BCUT2D eigenvalue weighted by molar-refractivity contribution is -0.131. The van der Waals surface area contributed by atoms with E-state index < -0.39 is 0 Å². The maximum absolute atomic E-state index is 13.0. The van der Waals surface area contributed by atoms with E-state index in [0.717, 1.165) is 50.0 Å². The van der Waals surface area contributed by atoms with E-state index >= 15 is 0 Å². The molecule has 0 bridgehead atoms. The molecule has 32 heavy (non-hydrogen) atoms. The van der Waals surface area contributed by atoms with Crippen LogP contribution in [-0.4, -0.2) is 23.3 Å². The normalized spacial score (nSPS) is 27.0. The van der Waals surface area contributed by atoms with Crippen LogP contribution in [0.4, 0.5) is 0 Å². The first-order valence-corrected chi connectivity index (χ1v) is 13.7. The van der Waals surface area contributed by atoms with E-state index in [1.54, 1.807) is 0 Å². The number of amides is 2. The molecule has 2 amide bonds. The summed E-state index contributed by atoms with van der Waals surface area (Å²) in [6, 6.07) is 17.0. The van der Waals surface area contributed by atoms with Gasteiger partial charge in [-0.1, -0.05) is 36.4 Å². The fourth-order valence-electron chi connectivity index (χ4n) is 5.18. The van der Waals surface area contributed by atoms with Crippen molar-refractivity contribution in [2.45, 2.75) is 60.4 Å². The Labute approximate surface area is 198 Å². The molecule has 168 valence electrons. The van der Waals surface area contributed by atoms with Crippen molar-refractivity contribution in [2.75, 3.05) is 11.5 Å². The number of nitrogens with one attached hydrogen (secondary N) is 2. The quantitative estimate of drug-likeness (QED) is 0.625. The minimum atomic E-state index is 0.0209. The van der Waals surface area contributed by atoms with Gasteiger partial charge in [-0.25, -0.2) is 0 Å². The largest absolute Gasteiger partial charge is 0.349 e.